The maximum absolute atomic E-state index is 14.1. The molecule has 112 valence electrons. The van der Waals surface area contributed by atoms with E-state index in [9.17, 15) is 17.6 Å². The monoisotopic (exact) mass is 298 g/mol. The maximum Gasteiger partial charge on any atom is 0.387 e. The summed E-state index contributed by atoms with van der Waals surface area (Å²) >= 11 is 0. The van der Waals surface area contributed by atoms with Gasteiger partial charge in [-0.25, -0.2) is 8.78 Å². The second kappa shape index (κ2) is 6.61. The van der Waals surface area contributed by atoms with Crippen molar-refractivity contribution in [2.24, 2.45) is 0 Å². The number of aryl methyl sites for hydroxylation is 1. The molecule has 0 bridgehead atoms. The fourth-order valence-corrected chi connectivity index (χ4v) is 2.09. The molecule has 0 N–H and O–H groups in total. The summed E-state index contributed by atoms with van der Waals surface area (Å²) in [7, 11) is 0. The first-order valence-electron chi connectivity index (χ1n) is 6.55. The van der Waals surface area contributed by atoms with Crippen molar-refractivity contribution in [2.45, 2.75) is 26.4 Å². The Morgan fingerprint density at radius 2 is 1.62 bits per heavy atom. The standard InChI is InChI=1S/C16H14F4O/c1-2-3-11-6-9-13(15(18)14(11)17)10-4-7-12(8-5-10)21-16(19)20/h4-9,16H,2-3H2,1H3. The highest BCUT2D eigenvalue weighted by Crippen LogP contribution is 2.28. The van der Waals surface area contributed by atoms with Crippen LogP contribution in [0, 0.1) is 11.6 Å². The highest BCUT2D eigenvalue weighted by atomic mass is 19.3. The molecule has 0 saturated heterocycles. The van der Waals surface area contributed by atoms with E-state index < -0.39 is 18.2 Å². The summed E-state index contributed by atoms with van der Waals surface area (Å²) in [5, 5.41) is 0. The van der Waals surface area contributed by atoms with E-state index in [1.807, 2.05) is 6.92 Å². The van der Waals surface area contributed by atoms with E-state index in [0.29, 0.717) is 17.5 Å². The van der Waals surface area contributed by atoms with Crippen LogP contribution < -0.4 is 4.74 Å². The molecule has 0 fully saturated rings. The normalized spacial score (nSPS) is 11.0. The van der Waals surface area contributed by atoms with E-state index >= 15 is 0 Å². The van der Waals surface area contributed by atoms with Gasteiger partial charge in [0.25, 0.3) is 0 Å². The Morgan fingerprint density at radius 1 is 0.952 bits per heavy atom. The topological polar surface area (TPSA) is 9.23 Å². The third-order valence-electron chi connectivity index (χ3n) is 3.07. The van der Waals surface area contributed by atoms with Crippen LogP contribution in [0.1, 0.15) is 18.9 Å². The van der Waals surface area contributed by atoms with Crippen molar-refractivity contribution < 1.29 is 22.3 Å². The van der Waals surface area contributed by atoms with Gasteiger partial charge in [-0.3, -0.25) is 0 Å². The number of halogens is 4. The molecule has 0 atom stereocenters. The molecule has 0 heterocycles. The minimum absolute atomic E-state index is 0.0303. The average molecular weight is 298 g/mol. The Hall–Kier alpha value is -2.04. The summed E-state index contributed by atoms with van der Waals surface area (Å²) < 4.78 is 56.2. The van der Waals surface area contributed by atoms with Crippen LogP contribution in [0.4, 0.5) is 17.6 Å². The van der Waals surface area contributed by atoms with Gasteiger partial charge in [-0.05, 0) is 29.7 Å². The number of benzene rings is 2. The van der Waals surface area contributed by atoms with Gasteiger partial charge in [0.1, 0.15) is 5.75 Å². The molecule has 5 heteroatoms. The molecular formula is C16H14F4O. The molecule has 21 heavy (non-hydrogen) atoms. The maximum atomic E-state index is 14.1. The first-order chi connectivity index (χ1) is 10.0. The van der Waals surface area contributed by atoms with Crippen LogP contribution in [0.25, 0.3) is 11.1 Å². The van der Waals surface area contributed by atoms with Crippen LogP contribution in [-0.4, -0.2) is 6.61 Å². The number of hydrogen-bond acceptors (Lipinski definition) is 1. The molecule has 0 aromatic heterocycles. The van der Waals surface area contributed by atoms with Crippen molar-refractivity contribution in [1.82, 2.24) is 0 Å². The number of alkyl halides is 2. The summed E-state index contributed by atoms with van der Waals surface area (Å²) in [6, 6.07) is 8.44. The van der Waals surface area contributed by atoms with Crippen molar-refractivity contribution in [2.75, 3.05) is 0 Å². The second-order valence-electron chi connectivity index (χ2n) is 4.55. The molecule has 1 nitrogen and oxygen atoms in total. The smallest absolute Gasteiger partial charge is 0.387 e. The molecule has 0 amide bonds. The fraction of sp³-hybridized carbons (Fsp3) is 0.250. The number of hydrogen-bond donors (Lipinski definition) is 0. The quantitative estimate of drug-likeness (QED) is 0.691. The fourth-order valence-electron chi connectivity index (χ4n) is 2.09. The SMILES string of the molecule is CCCc1ccc(-c2ccc(OC(F)F)cc2)c(F)c1F. The lowest BCUT2D eigenvalue weighted by Crippen LogP contribution is -2.01. The van der Waals surface area contributed by atoms with E-state index in [1.54, 1.807) is 6.07 Å². The zero-order chi connectivity index (χ0) is 15.4. The predicted octanol–water partition coefficient (Wildman–Crippen LogP) is 5.19. The summed E-state index contributed by atoms with van der Waals surface area (Å²) in [4.78, 5) is 0. The second-order valence-corrected chi connectivity index (χ2v) is 4.55. The third kappa shape index (κ3) is 3.54. The van der Waals surface area contributed by atoms with Gasteiger partial charge in [-0.2, -0.15) is 8.78 Å². The number of rotatable bonds is 5. The molecule has 0 unspecified atom stereocenters. The zero-order valence-corrected chi connectivity index (χ0v) is 11.4. The van der Waals surface area contributed by atoms with Crippen LogP contribution in [0.15, 0.2) is 36.4 Å². The molecule has 2 aromatic rings. The summed E-state index contributed by atoms with van der Waals surface area (Å²) in [5.41, 5.74) is 0.823. The molecule has 0 aliphatic heterocycles. The minimum atomic E-state index is -2.92. The van der Waals surface area contributed by atoms with Crippen LogP contribution in [0.5, 0.6) is 5.75 Å². The highest BCUT2D eigenvalue weighted by Gasteiger charge is 2.14. The van der Waals surface area contributed by atoms with Gasteiger partial charge in [-0.15, -0.1) is 0 Å². The van der Waals surface area contributed by atoms with Gasteiger partial charge in [-0.1, -0.05) is 37.6 Å². The van der Waals surface area contributed by atoms with Crippen LogP contribution >= 0.6 is 0 Å². The summed E-state index contributed by atoms with van der Waals surface area (Å²) in [6.07, 6.45) is 1.18. The molecule has 0 spiro atoms. The first-order valence-corrected chi connectivity index (χ1v) is 6.55. The highest BCUT2D eigenvalue weighted by molar-refractivity contribution is 5.65. The van der Waals surface area contributed by atoms with Gasteiger partial charge < -0.3 is 4.74 Å². The molecule has 2 rings (SSSR count). The Morgan fingerprint density at radius 3 is 2.19 bits per heavy atom. The van der Waals surface area contributed by atoms with Crippen molar-refractivity contribution in [1.29, 1.82) is 0 Å². The lowest BCUT2D eigenvalue weighted by Gasteiger charge is -2.09. The Balaban J connectivity index is 2.31. The van der Waals surface area contributed by atoms with Crippen molar-refractivity contribution in [3.05, 3.63) is 53.6 Å². The lowest BCUT2D eigenvalue weighted by atomic mass is 10.0. The Kier molecular flexibility index (Phi) is 4.83. The van der Waals surface area contributed by atoms with Crippen molar-refractivity contribution >= 4 is 0 Å². The first kappa shape index (κ1) is 15.4. The number of ether oxygens (including phenoxy) is 1. The van der Waals surface area contributed by atoms with Crippen LogP contribution in [0.2, 0.25) is 0 Å². The zero-order valence-electron chi connectivity index (χ0n) is 11.4. The van der Waals surface area contributed by atoms with Gasteiger partial charge >= 0.3 is 6.61 Å². The van der Waals surface area contributed by atoms with Gasteiger partial charge in [0.2, 0.25) is 0 Å². The summed E-state index contributed by atoms with van der Waals surface area (Å²) in [5.74, 6) is -1.82. The Labute approximate surface area is 120 Å². The van der Waals surface area contributed by atoms with E-state index in [0.717, 1.165) is 6.42 Å². The Bertz CT molecular complexity index is 608. The predicted molar refractivity (Wildman–Crippen MR) is 72.4 cm³/mol. The molecule has 0 radical (unpaired) electrons. The van der Waals surface area contributed by atoms with E-state index in [1.165, 1.54) is 30.3 Å². The van der Waals surface area contributed by atoms with E-state index in [4.69, 9.17) is 0 Å². The van der Waals surface area contributed by atoms with Gasteiger partial charge in [0.05, 0.1) is 0 Å². The van der Waals surface area contributed by atoms with Crippen LogP contribution in [-0.2, 0) is 6.42 Å². The molecular weight excluding hydrogens is 284 g/mol. The van der Waals surface area contributed by atoms with Crippen molar-refractivity contribution in [3.8, 4) is 16.9 Å². The summed E-state index contributed by atoms with van der Waals surface area (Å²) in [6.45, 7) is -1.04. The van der Waals surface area contributed by atoms with E-state index in [-0.39, 0.29) is 11.3 Å². The molecule has 0 saturated carbocycles. The van der Waals surface area contributed by atoms with Gasteiger partial charge in [0, 0.05) is 5.56 Å². The van der Waals surface area contributed by atoms with E-state index in [2.05, 4.69) is 4.74 Å². The minimum Gasteiger partial charge on any atom is -0.435 e. The molecule has 0 aliphatic rings. The molecule has 0 aliphatic carbocycles. The van der Waals surface area contributed by atoms with Gasteiger partial charge in [0.15, 0.2) is 11.6 Å². The largest absolute Gasteiger partial charge is 0.435 e. The van der Waals surface area contributed by atoms with Crippen LogP contribution in [0.3, 0.4) is 0 Å². The lowest BCUT2D eigenvalue weighted by molar-refractivity contribution is -0.0498. The third-order valence-corrected chi connectivity index (χ3v) is 3.07. The average Bonchev–Trinajstić information content (AvgIpc) is 2.45. The molecule has 2 aromatic carbocycles. The van der Waals surface area contributed by atoms with Crippen molar-refractivity contribution in [3.63, 3.8) is 0 Å².